The zero-order valence-electron chi connectivity index (χ0n) is 12.8. The highest BCUT2D eigenvalue weighted by molar-refractivity contribution is 7.98. The van der Waals surface area contributed by atoms with E-state index in [1.165, 1.54) is 10.6 Å². The molecule has 0 unspecified atom stereocenters. The Bertz CT molecular complexity index is 755. The van der Waals surface area contributed by atoms with Crippen molar-refractivity contribution in [2.75, 3.05) is 0 Å². The summed E-state index contributed by atoms with van der Waals surface area (Å²) >= 11 is 3.30. The molecule has 0 radical (unpaired) electrons. The lowest BCUT2D eigenvalue weighted by molar-refractivity contribution is 0.266. The molecule has 0 aliphatic carbocycles. The number of thioether (sulfide) groups is 1. The molecule has 23 heavy (non-hydrogen) atoms. The minimum Gasteiger partial charge on any atom is -0.388 e. The first-order valence-electron chi connectivity index (χ1n) is 7.35. The third-order valence-corrected chi connectivity index (χ3v) is 5.50. The van der Waals surface area contributed by atoms with Crippen molar-refractivity contribution in [3.63, 3.8) is 0 Å². The number of aliphatic hydroxyl groups excluding tert-OH is 1. The summed E-state index contributed by atoms with van der Waals surface area (Å²) in [5.41, 5.74) is 2.41. The summed E-state index contributed by atoms with van der Waals surface area (Å²) in [4.78, 5) is 4.69. The fourth-order valence-electron chi connectivity index (χ4n) is 2.17. The van der Waals surface area contributed by atoms with Crippen LogP contribution in [-0.4, -0.2) is 24.9 Å². The number of rotatable bonds is 7. The highest BCUT2D eigenvalue weighted by Gasteiger charge is 2.10. The largest absolute Gasteiger partial charge is 0.388 e. The van der Waals surface area contributed by atoms with E-state index in [-0.39, 0.29) is 6.61 Å². The predicted molar refractivity (Wildman–Crippen MR) is 92.5 cm³/mol. The second-order valence-electron chi connectivity index (χ2n) is 5.12. The monoisotopic (exact) mass is 346 g/mol. The van der Waals surface area contributed by atoms with Gasteiger partial charge in [0.2, 0.25) is 0 Å². The van der Waals surface area contributed by atoms with Crippen molar-refractivity contribution in [3.05, 3.63) is 57.8 Å². The van der Waals surface area contributed by atoms with E-state index in [9.17, 15) is 0 Å². The molecule has 2 aromatic heterocycles. The number of nitrogens with zero attached hydrogens (tertiary/aromatic N) is 4. The molecule has 1 aromatic carbocycles. The average molecular weight is 346 g/mol. The summed E-state index contributed by atoms with van der Waals surface area (Å²) in [6, 6.07) is 10.5. The molecule has 0 bridgehead atoms. The quantitative estimate of drug-likeness (QED) is 0.667. The van der Waals surface area contributed by atoms with Crippen LogP contribution in [0.1, 0.15) is 22.1 Å². The molecule has 0 saturated heterocycles. The second-order valence-corrected chi connectivity index (χ2v) is 7.01. The summed E-state index contributed by atoms with van der Waals surface area (Å²) < 4.78 is 1.81. The van der Waals surface area contributed by atoms with Crippen LogP contribution in [0.15, 0.2) is 40.9 Å². The first kappa shape index (κ1) is 16.2. The fourth-order valence-corrected chi connectivity index (χ4v) is 3.90. The molecular weight excluding hydrogens is 328 g/mol. The normalized spacial score (nSPS) is 11.0. The van der Waals surface area contributed by atoms with Crippen LogP contribution >= 0.6 is 23.1 Å². The topological polar surface area (TPSA) is 63.8 Å². The number of aryl methyl sites for hydroxylation is 2. The number of thiazole rings is 1. The van der Waals surface area contributed by atoms with Crippen LogP contribution in [-0.2, 0) is 32.2 Å². The Kier molecular flexibility index (Phi) is 5.43. The third-order valence-electron chi connectivity index (χ3n) is 3.49. The van der Waals surface area contributed by atoms with Gasteiger partial charge in [-0.2, -0.15) is 0 Å². The van der Waals surface area contributed by atoms with Crippen LogP contribution in [0.5, 0.6) is 0 Å². The summed E-state index contributed by atoms with van der Waals surface area (Å²) in [6.45, 7) is -0.0929. The summed E-state index contributed by atoms with van der Waals surface area (Å²) in [7, 11) is 1.86. The number of aromatic nitrogens is 4. The SMILES string of the molecule is Cn1c(CO)nnc1SCc1csc(CCc2ccccc2)n1. The standard InChI is InChI=1S/C16H18N4OS2/c1-20-14(9-21)18-19-16(20)23-11-13-10-22-15(17-13)8-7-12-5-3-2-4-6-12/h2-6,10,21H,7-9,11H2,1H3. The molecule has 0 spiro atoms. The van der Waals surface area contributed by atoms with Gasteiger partial charge in [0.25, 0.3) is 0 Å². The lowest BCUT2D eigenvalue weighted by Gasteiger charge is -2.00. The molecule has 7 heteroatoms. The van der Waals surface area contributed by atoms with Crippen molar-refractivity contribution in [1.29, 1.82) is 0 Å². The van der Waals surface area contributed by atoms with E-state index in [1.807, 2.05) is 17.7 Å². The highest BCUT2D eigenvalue weighted by Crippen LogP contribution is 2.22. The van der Waals surface area contributed by atoms with Crippen LogP contribution < -0.4 is 0 Å². The van der Waals surface area contributed by atoms with Gasteiger partial charge in [-0.3, -0.25) is 0 Å². The van der Waals surface area contributed by atoms with Crippen molar-refractivity contribution >= 4 is 23.1 Å². The molecular formula is C16H18N4OS2. The van der Waals surface area contributed by atoms with Gasteiger partial charge in [-0.25, -0.2) is 4.98 Å². The van der Waals surface area contributed by atoms with Crippen LogP contribution in [0.4, 0.5) is 0 Å². The number of benzene rings is 1. The lowest BCUT2D eigenvalue weighted by atomic mass is 10.1. The Hall–Kier alpha value is -1.70. The predicted octanol–water partition coefficient (Wildman–Crippen LogP) is 2.84. The number of hydrogen-bond acceptors (Lipinski definition) is 6. The van der Waals surface area contributed by atoms with Gasteiger partial charge in [-0.05, 0) is 12.0 Å². The van der Waals surface area contributed by atoms with E-state index < -0.39 is 0 Å². The van der Waals surface area contributed by atoms with Gasteiger partial charge in [-0.1, -0.05) is 42.1 Å². The van der Waals surface area contributed by atoms with Crippen LogP contribution in [0.3, 0.4) is 0 Å². The molecule has 0 aliphatic rings. The molecule has 0 atom stereocenters. The molecule has 0 saturated carbocycles. The molecule has 0 amide bonds. The Morgan fingerprint density at radius 2 is 2.00 bits per heavy atom. The average Bonchev–Trinajstić information content (AvgIpc) is 3.18. The molecule has 0 fully saturated rings. The number of hydrogen-bond donors (Lipinski definition) is 1. The minimum absolute atomic E-state index is 0.0929. The van der Waals surface area contributed by atoms with E-state index in [2.05, 4.69) is 44.8 Å². The van der Waals surface area contributed by atoms with Crippen molar-refractivity contribution in [2.24, 2.45) is 7.05 Å². The maximum atomic E-state index is 9.13. The van der Waals surface area contributed by atoms with Crippen molar-refractivity contribution in [1.82, 2.24) is 19.7 Å². The van der Waals surface area contributed by atoms with Crippen LogP contribution in [0, 0.1) is 0 Å². The molecule has 3 rings (SSSR count). The number of aliphatic hydroxyl groups is 1. The maximum Gasteiger partial charge on any atom is 0.191 e. The van der Waals surface area contributed by atoms with Crippen LogP contribution in [0.2, 0.25) is 0 Å². The molecule has 2 heterocycles. The maximum absolute atomic E-state index is 9.13. The van der Waals surface area contributed by atoms with Gasteiger partial charge in [-0.15, -0.1) is 21.5 Å². The summed E-state index contributed by atoms with van der Waals surface area (Å²) in [5, 5.41) is 21.2. The van der Waals surface area contributed by atoms with Crippen molar-refractivity contribution in [2.45, 2.75) is 30.4 Å². The molecule has 3 aromatic rings. The van der Waals surface area contributed by atoms with Gasteiger partial charge >= 0.3 is 0 Å². The Morgan fingerprint density at radius 3 is 2.74 bits per heavy atom. The zero-order chi connectivity index (χ0) is 16.1. The first-order chi connectivity index (χ1) is 11.3. The molecule has 120 valence electrons. The second kappa shape index (κ2) is 7.72. The van der Waals surface area contributed by atoms with Gasteiger partial charge < -0.3 is 9.67 Å². The van der Waals surface area contributed by atoms with E-state index in [0.29, 0.717) is 5.82 Å². The van der Waals surface area contributed by atoms with E-state index >= 15 is 0 Å². The highest BCUT2D eigenvalue weighted by atomic mass is 32.2. The van der Waals surface area contributed by atoms with E-state index in [4.69, 9.17) is 5.11 Å². The van der Waals surface area contributed by atoms with Gasteiger partial charge in [0.15, 0.2) is 11.0 Å². The molecule has 0 aliphatic heterocycles. The van der Waals surface area contributed by atoms with Gasteiger partial charge in [0.1, 0.15) is 6.61 Å². The van der Waals surface area contributed by atoms with Gasteiger partial charge in [0, 0.05) is 24.6 Å². The Labute approximate surface area is 143 Å². The first-order valence-corrected chi connectivity index (χ1v) is 9.22. The van der Waals surface area contributed by atoms with Crippen molar-refractivity contribution in [3.8, 4) is 0 Å². The fraction of sp³-hybridized carbons (Fsp3) is 0.312. The van der Waals surface area contributed by atoms with E-state index in [1.54, 1.807) is 23.1 Å². The zero-order valence-corrected chi connectivity index (χ0v) is 14.5. The third kappa shape index (κ3) is 4.19. The van der Waals surface area contributed by atoms with Gasteiger partial charge in [0.05, 0.1) is 10.7 Å². The minimum atomic E-state index is -0.0929. The molecule has 5 nitrogen and oxygen atoms in total. The molecule has 1 N–H and O–H groups in total. The smallest absolute Gasteiger partial charge is 0.191 e. The lowest BCUT2D eigenvalue weighted by Crippen LogP contribution is -1.98. The Morgan fingerprint density at radius 1 is 1.17 bits per heavy atom. The Balaban J connectivity index is 1.54. The summed E-state index contributed by atoms with van der Waals surface area (Å²) in [5.74, 6) is 1.34. The van der Waals surface area contributed by atoms with E-state index in [0.717, 1.165) is 29.4 Å². The van der Waals surface area contributed by atoms with Crippen LogP contribution in [0.25, 0.3) is 0 Å². The van der Waals surface area contributed by atoms with Crippen molar-refractivity contribution < 1.29 is 5.11 Å². The summed E-state index contributed by atoms with van der Waals surface area (Å²) in [6.07, 6.45) is 1.99.